The standard InChI is InChI=1S/C69H49NS/c1-68(2)62-29-13-11-24-56(62)59-27-16-26-58(65(59)68)54-22-10-9-20-51(54)45-31-36-48(37-32-45)70(50-40-42-57-55-23-12-14-30-63(55)69(3,64(57)43-50)47-18-5-4-6-19-47)49-38-33-46(34-39-49)53-25-15-28-60-61-41-35-44-17-7-8-21-52(44)67(61)71-66(53)60/h4-43H,1-3H3. The first kappa shape index (κ1) is 41.7. The molecule has 0 saturated carbocycles. The summed E-state index contributed by atoms with van der Waals surface area (Å²) < 4.78 is 2.68. The molecule has 1 nitrogen and oxygen atoms in total. The molecular formula is C69H49NS. The summed E-state index contributed by atoms with van der Waals surface area (Å²) in [6.07, 6.45) is 0. The van der Waals surface area contributed by atoms with Crippen molar-refractivity contribution in [1.29, 1.82) is 0 Å². The second-order valence-electron chi connectivity index (χ2n) is 20.1. The lowest BCUT2D eigenvalue weighted by molar-refractivity contribution is 0.662. The van der Waals surface area contributed by atoms with E-state index in [1.54, 1.807) is 0 Å². The summed E-state index contributed by atoms with van der Waals surface area (Å²) in [5.41, 5.74) is 22.4. The van der Waals surface area contributed by atoms with Crippen molar-refractivity contribution in [2.24, 2.45) is 0 Å². The van der Waals surface area contributed by atoms with Crippen LogP contribution in [-0.4, -0.2) is 0 Å². The molecule has 2 aliphatic carbocycles. The molecule has 11 aromatic carbocycles. The summed E-state index contributed by atoms with van der Waals surface area (Å²) in [6, 6.07) is 90.5. The van der Waals surface area contributed by atoms with Crippen molar-refractivity contribution in [3.05, 3.63) is 270 Å². The van der Waals surface area contributed by atoms with Gasteiger partial charge in [-0.05, 0) is 138 Å². The summed E-state index contributed by atoms with van der Waals surface area (Å²) in [7, 11) is 0. The minimum absolute atomic E-state index is 0.122. The lowest BCUT2D eigenvalue weighted by Gasteiger charge is -2.31. The Morgan fingerprint density at radius 2 is 0.831 bits per heavy atom. The van der Waals surface area contributed by atoms with Crippen LogP contribution in [0.2, 0.25) is 0 Å². The van der Waals surface area contributed by atoms with E-state index >= 15 is 0 Å². The van der Waals surface area contributed by atoms with Gasteiger partial charge in [0.15, 0.2) is 0 Å². The number of nitrogens with zero attached hydrogens (tertiary/aromatic N) is 1. The maximum absolute atomic E-state index is 2.46. The highest BCUT2D eigenvalue weighted by Gasteiger charge is 2.41. The van der Waals surface area contributed by atoms with E-state index in [1.165, 1.54) is 114 Å². The molecule has 0 spiro atoms. The number of hydrogen-bond acceptors (Lipinski definition) is 2. The lowest BCUT2D eigenvalue weighted by Crippen LogP contribution is -2.22. The van der Waals surface area contributed by atoms with Crippen LogP contribution in [0.25, 0.3) is 86.6 Å². The molecule has 2 aliphatic rings. The first-order valence-corrected chi connectivity index (χ1v) is 25.6. The third kappa shape index (κ3) is 6.24. The van der Waals surface area contributed by atoms with E-state index in [9.17, 15) is 0 Å². The summed E-state index contributed by atoms with van der Waals surface area (Å²) in [6.45, 7) is 7.17. The Bertz CT molecular complexity index is 4080. The average molecular weight is 924 g/mol. The number of hydrogen-bond donors (Lipinski definition) is 0. The van der Waals surface area contributed by atoms with Gasteiger partial charge in [-0.1, -0.05) is 220 Å². The molecular weight excluding hydrogens is 875 g/mol. The quantitative estimate of drug-likeness (QED) is 0.154. The molecule has 0 bridgehead atoms. The van der Waals surface area contributed by atoms with Crippen molar-refractivity contribution in [2.45, 2.75) is 31.6 Å². The van der Waals surface area contributed by atoms with Crippen LogP contribution in [0.15, 0.2) is 243 Å². The summed E-state index contributed by atoms with van der Waals surface area (Å²) in [4.78, 5) is 2.45. The van der Waals surface area contributed by atoms with Crippen LogP contribution in [-0.2, 0) is 10.8 Å². The highest BCUT2D eigenvalue weighted by atomic mass is 32.1. The highest BCUT2D eigenvalue weighted by molar-refractivity contribution is 7.27. The van der Waals surface area contributed by atoms with Gasteiger partial charge in [0.25, 0.3) is 0 Å². The zero-order chi connectivity index (χ0) is 47.4. The third-order valence-electron chi connectivity index (χ3n) is 16.0. The van der Waals surface area contributed by atoms with Crippen molar-refractivity contribution in [1.82, 2.24) is 0 Å². The molecule has 2 heteroatoms. The zero-order valence-electron chi connectivity index (χ0n) is 39.9. The Hall–Kier alpha value is -8.30. The molecule has 1 unspecified atom stereocenters. The van der Waals surface area contributed by atoms with Gasteiger partial charge in [0.1, 0.15) is 0 Å². The zero-order valence-corrected chi connectivity index (χ0v) is 40.8. The van der Waals surface area contributed by atoms with Gasteiger partial charge in [0, 0.05) is 48.1 Å². The number of anilines is 3. The van der Waals surface area contributed by atoms with Crippen LogP contribution in [0.4, 0.5) is 17.1 Å². The van der Waals surface area contributed by atoms with Crippen molar-refractivity contribution < 1.29 is 0 Å². The normalized spacial score (nSPS) is 15.1. The van der Waals surface area contributed by atoms with E-state index in [4.69, 9.17) is 0 Å². The van der Waals surface area contributed by atoms with Gasteiger partial charge in [0.2, 0.25) is 0 Å². The first-order chi connectivity index (χ1) is 34.9. The van der Waals surface area contributed by atoms with Gasteiger partial charge in [0.05, 0.1) is 0 Å². The van der Waals surface area contributed by atoms with E-state index in [0.29, 0.717) is 0 Å². The minimum atomic E-state index is -0.325. The van der Waals surface area contributed by atoms with Crippen molar-refractivity contribution in [3.8, 4) is 55.6 Å². The Morgan fingerprint density at radius 1 is 0.324 bits per heavy atom. The molecule has 0 fully saturated rings. The topological polar surface area (TPSA) is 3.24 Å². The Kier molecular flexibility index (Phi) is 9.31. The van der Waals surface area contributed by atoms with Gasteiger partial charge in [-0.25, -0.2) is 0 Å². The summed E-state index contributed by atoms with van der Waals surface area (Å²) in [5, 5.41) is 5.23. The fraction of sp³-hybridized carbons (Fsp3) is 0.0725. The molecule has 336 valence electrons. The third-order valence-corrected chi connectivity index (χ3v) is 17.3. The maximum Gasteiger partial charge on any atom is 0.0465 e. The summed E-state index contributed by atoms with van der Waals surface area (Å²) >= 11 is 1.91. The van der Waals surface area contributed by atoms with E-state index in [0.717, 1.165) is 17.1 Å². The van der Waals surface area contributed by atoms with Crippen LogP contribution in [0, 0.1) is 0 Å². The Balaban J connectivity index is 0.903. The van der Waals surface area contributed by atoms with E-state index < -0.39 is 0 Å². The molecule has 0 radical (unpaired) electrons. The summed E-state index contributed by atoms with van der Waals surface area (Å²) in [5.74, 6) is 0. The van der Waals surface area contributed by atoms with Crippen LogP contribution in [0.1, 0.15) is 48.6 Å². The number of thiophene rings is 1. The first-order valence-electron chi connectivity index (χ1n) is 24.8. The molecule has 14 rings (SSSR count). The molecule has 1 aromatic heterocycles. The van der Waals surface area contributed by atoms with Gasteiger partial charge in [-0.15, -0.1) is 11.3 Å². The maximum atomic E-state index is 2.46. The SMILES string of the molecule is CC1(C)c2ccccc2-c2cccc(-c3ccccc3-c3ccc(N(c4ccc(-c5cccc6c5sc5c7ccccc7ccc65)cc4)c4ccc5c(c4)C(C)(c4ccccc4)c4ccccc4-5)cc3)c21. The van der Waals surface area contributed by atoms with Crippen LogP contribution in [0.5, 0.6) is 0 Å². The van der Waals surface area contributed by atoms with E-state index in [2.05, 4.69) is 268 Å². The second kappa shape index (κ2) is 15.9. The second-order valence-corrected chi connectivity index (χ2v) is 21.1. The molecule has 0 amide bonds. The molecule has 1 heterocycles. The number of benzene rings is 11. The highest BCUT2D eigenvalue weighted by Crippen LogP contribution is 2.55. The van der Waals surface area contributed by atoms with Crippen molar-refractivity contribution >= 4 is 59.3 Å². The van der Waals surface area contributed by atoms with Crippen LogP contribution < -0.4 is 4.90 Å². The molecule has 0 N–H and O–H groups in total. The Labute approximate surface area is 419 Å². The van der Waals surface area contributed by atoms with Gasteiger partial charge < -0.3 is 4.90 Å². The number of fused-ring (bicyclic) bond motifs is 11. The Morgan fingerprint density at radius 3 is 1.58 bits per heavy atom. The molecule has 0 aliphatic heterocycles. The minimum Gasteiger partial charge on any atom is -0.310 e. The monoisotopic (exact) mass is 923 g/mol. The van der Waals surface area contributed by atoms with Gasteiger partial charge >= 0.3 is 0 Å². The largest absolute Gasteiger partial charge is 0.310 e. The van der Waals surface area contributed by atoms with Gasteiger partial charge in [-0.2, -0.15) is 0 Å². The van der Waals surface area contributed by atoms with Crippen molar-refractivity contribution in [3.63, 3.8) is 0 Å². The molecule has 71 heavy (non-hydrogen) atoms. The van der Waals surface area contributed by atoms with Gasteiger partial charge in [-0.3, -0.25) is 0 Å². The van der Waals surface area contributed by atoms with Crippen LogP contribution >= 0.6 is 11.3 Å². The van der Waals surface area contributed by atoms with Crippen molar-refractivity contribution in [2.75, 3.05) is 4.90 Å². The van der Waals surface area contributed by atoms with Crippen LogP contribution in [0.3, 0.4) is 0 Å². The van der Waals surface area contributed by atoms with E-state index in [-0.39, 0.29) is 10.8 Å². The fourth-order valence-electron chi connectivity index (χ4n) is 12.5. The fourth-order valence-corrected chi connectivity index (χ4v) is 13.9. The lowest BCUT2D eigenvalue weighted by atomic mass is 9.74. The molecule has 12 aromatic rings. The molecule has 0 saturated heterocycles. The van der Waals surface area contributed by atoms with E-state index in [1.807, 2.05) is 11.3 Å². The predicted octanol–water partition coefficient (Wildman–Crippen LogP) is 19.3. The number of rotatable bonds is 7. The molecule has 1 atom stereocenters. The smallest absolute Gasteiger partial charge is 0.0465 e. The predicted molar refractivity (Wildman–Crippen MR) is 303 cm³/mol. The average Bonchev–Trinajstić information content (AvgIpc) is 4.03.